The topological polar surface area (TPSA) is 26.0 Å². The van der Waals surface area contributed by atoms with Gasteiger partial charge in [-0.05, 0) is 18.3 Å². The molecule has 1 aliphatic carbocycles. The quantitative estimate of drug-likeness (QED) is 0.780. The molecule has 1 unspecified atom stereocenters. The van der Waals surface area contributed by atoms with Crippen LogP contribution in [-0.4, -0.2) is 17.0 Å². The highest BCUT2D eigenvalue weighted by Crippen LogP contribution is 2.30. The maximum atomic E-state index is 6.15. The predicted molar refractivity (Wildman–Crippen MR) is 66.8 cm³/mol. The number of thioether (sulfide) groups is 1. The van der Waals surface area contributed by atoms with Gasteiger partial charge >= 0.3 is 0 Å². The predicted octanol–water partition coefficient (Wildman–Crippen LogP) is 3.43. The molecule has 2 N–H and O–H groups in total. The average Bonchev–Trinajstić information content (AvgIpc) is 2.14. The maximum absolute atomic E-state index is 6.15. The smallest absolute Gasteiger partial charge is 0.0179 e. The van der Waals surface area contributed by atoms with Gasteiger partial charge in [0.2, 0.25) is 0 Å². The Balaban J connectivity index is 2.19. The third kappa shape index (κ3) is 4.22. The summed E-state index contributed by atoms with van der Waals surface area (Å²) >= 11 is 2.11. The Hall–Kier alpha value is 0.310. The SMILES string of the molecule is CC(C)(C)C(N)CSC1CCCCC1. The van der Waals surface area contributed by atoms with E-state index in [-0.39, 0.29) is 5.41 Å². The Kier molecular flexibility index (Phi) is 4.78. The Bertz CT molecular complexity index is 156. The van der Waals surface area contributed by atoms with Gasteiger partial charge < -0.3 is 5.73 Å². The van der Waals surface area contributed by atoms with E-state index in [9.17, 15) is 0 Å². The summed E-state index contributed by atoms with van der Waals surface area (Å²) in [6.07, 6.45) is 7.15. The molecule has 14 heavy (non-hydrogen) atoms. The van der Waals surface area contributed by atoms with Crippen LogP contribution in [0.15, 0.2) is 0 Å². The molecule has 1 nitrogen and oxygen atoms in total. The lowest BCUT2D eigenvalue weighted by Gasteiger charge is -2.29. The lowest BCUT2D eigenvalue weighted by Crippen LogP contribution is -2.37. The highest BCUT2D eigenvalue weighted by molar-refractivity contribution is 7.99. The Morgan fingerprint density at radius 1 is 1.21 bits per heavy atom. The first kappa shape index (κ1) is 12.4. The van der Waals surface area contributed by atoms with Crippen molar-refractivity contribution in [2.75, 3.05) is 5.75 Å². The van der Waals surface area contributed by atoms with E-state index in [4.69, 9.17) is 5.73 Å². The van der Waals surface area contributed by atoms with Crippen LogP contribution < -0.4 is 5.73 Å². The van der Waals surface area contributed by atoms with E-state index in [0.717, 1.165) is 11.0 Å². The summed E-state index contributed by atoms with van der Waals surface area (Å²) in [5, 5.41) is 0.900. The van der Waals surface area contributed by atoms with Crippen LogP contribution in [0.1, 0.15) is 52.9 Å². The van der Waals surface area contributed by atoms with Gasteiger partial charge in [-0.1, -0.05) is 40.0 Å². The molecule has 0 bridgehead atoms. The first-order valence-corrected chi connectivity index (χ1v) is 6.92. The van der Waals surface area contributed by atoms with Gasteiger partial charge in [0.05, 0.1) is 0 Å². The first-order chi connectivity index (χ1) is 6.50. The molecule has 0 radical (unpaired) electrons. The van der Waals surface area contributed by atoms with E-state index >= 15 is 0 Å². The number of hydrogen-bond acceptors (Lipinski definition) is 2. The van der Waals surface area contributed by atoms with Crippen molar-refractivity contribution in [3.05, 3.63) is 0 Å². The van der Waals surface area contributed by atoms with Gasteiger partial charge in [-0.2, -0.15) is 11.8 Å². The van der Waals surface area contributed by atoms with Gasteiger partial charge in [-0.25, -0.2) is 0 Å². The number of rotatable bonds is 3. The van der Waals surface area contributed by atoms with Crippen molar-refractivity contribution in [2.24, 2.45) is 11.1 Å². The number of nitrogens with two attached hydrogens (primary N) is 1. The Morgan fingerprint density at radius 2 is 1.79 bits per heavy atom. The van der Waals surface area contributed by atoms with Crippen molar-refractivity contribution < 1.29 is 0 Å². The van der Waals surface area contributed by atoms with Crippen LogP contribution in [0.5, 0.6) is 0 Å². The van der Waals surface area contributed by atoms with Gasteiger partial charge in [-0.15, -0.1) is 0 Å². The molecule has 0 aromatic rings. The van der Waals surface area contributed by atoms with Crippen molar-refractivity contribution in [3.63, 3.8) is 0 Å². The second-order valence-corrected chi connectivity index (χ2v) is 6.90. The highest BCUT2D eigenvalue weighted by atomic mass is 32.2. The fraction of sp³-hybridized carbons (Fsp3) is 1.00. The monoisotopic (exact) mass is 215 g/mol. The van der Waals surface area contributed by atoms with E-state index in [1.54, 1.807) is 0 Å². The molecule has 2 heteroatoms. The zero-order valence-corrected chi connectivity index (χ0v) is 10.7. The van der Waals surface area contributed by atoms with Crippen LogP contribution in [0, 0.1) is 5.41 Å². The second kappa shape index (κ2) is 5.41. The zero-order chi connectivity index (χ0) is 10.6. The van der Waals surface area contributed by atoms with E-state index in [1.807, 2.05) is 0 Å². The normalized spacial score (nSPS) is 22.3. The molecule has 0 aromatic heterocycles. The largest absolute Gasteiger partial charge is 0.326 e. The molecule has 0 saturated heterocycles. The van der Waals surface area contributed by atoms with Crippen molar-refractivity contribution in [1.29, 1.82) is 0 Å². The highest BCUT2D eigenvalue weighted by Gasteiger charge is 2.22. The molecule has 1 rings (SSSR count). The minimum Gasteiger partial charge on any atom is -0.326 e. The van der Waals surface area contributed by atoms with Crippen molar-refractivity contribution >= 4 is 11.8 Å². The molecule has 0 spiro atoms. The van der Waals surface area contributed by atoms with E-state index in [0.29, 0.717) is 6.04 Å². The second-order valence-electron chi connectivity index (χ2n) is 5.57. The first-order valence-electron chi connectivity index (χ1n) is 5.87. The third-order valence-electron chi connectivity index (χ3n) is 3.18. The summed E-state index contributed by atoms with van der Waals surface area (Å²) in [5.41, 5.74) is 6.41. The number of hydrogen-bond donors (Lipinski definition) is 1. The van der Waals surface area contributed by atoms with Gasteiger partial charge in [0, 0.05) is 17.0 Å². The molecule has 1 saturated carbocycles. The average molecular weight is 215 g/mol. The van der Waals surface area contributed by atoms with E-state index in [1.165, 1.54) is 32.1 Å². The summed E-state index contributed by atoms with van der Waals surface area (Å²) in [6, 6.07) is 0.342. The molecule has 1 fully saturated rings. The molecule has 0 amide bonds. The summed E-state index contributed by atoms with van der Waals surface area (Å²) in [4.78, 5) is 0. The molecule has 0 aliphatic heterocycles. The zero-order valence-electron chi connectivity index (χ0n) is 9.88. The molecule has 84 valence electrons. The molecular formula is C12H25NS. The van der Waals surface area contributed by atoms with E-state index < -0.39 is 0 Å². The third-order valence-corrected chi connectivity index (χ3v) is 4.67. The molecule has 1 aliphatic rings. The summed E-state index contributed by atoms with van der Waals surface area (Å²) in [6.45, 7) is 6.71. The molecular weight excluding hydrogens is 190 g/mol. The fourth-order valence-electron chi connectivity index (χ4n) is 1.72. The van der Waals surface area contributed by atoms with Crippen LogP contribution in [0.4, 0.5) is 0 Å². The minimum absolute atomic E-state index is 0.266. The Morgan fingerprint density at radius 3 is 2.29 bits per heavy atom. The Labute approximate surface area is 93.2 Å². The summed E-state index contributed by atoms with van der Waals surface area (Å²) < 4.78 is 0. The van der Waals surface area contributed by atoms with Crippen LogP contribution in [-0.2, 0) is 0 Å². The van der Waals surface area contributed by atoms with Crippen molar-refractivity contribution in [1.82, 2.24) is 0 Å². The van der Waals surface area contributed by atoms with Crippen LogP contribution in [0.25, 0.3) is 0 Å². The summed E-state index contributed by atoms with van der Waals surface area (Å²) in [5.74, 6) is 1.13. The van der Waals surface area contributed by atoms with Gasteiger partial charge in [0.25, 0.3) is 0 Å². The summed E-state index contributed by atoms with van der Waals surface area (Å²) in [7, 11) is 0. The standard InChI is InChI=1S/C12H25NS/c1-12(2,3)11(13)9-14-10-7-5-4-6-8-10/h10-11H,4-9,13H2,1-3H3. The molecule has 0 heterocycles. The van der Waals surface area contributed by atoms with Gasteiger partial charge in [0.1, 0.15) is 0 Å². The van der Waals surface area contributed by atoms with E-state index in [2.05, 4.69) is 32.5 Å². The minimum atomic E-state index is 0.266. The van der Waals surface area contributed by atoms with Gasteiger partial charge in [-0.3, -0.25) is 0 Å². The molecule has 0 aromatic carbocycles. The lowest BCUT2D eigenvalue weighted by molar-refractivity contribution is 0.343. The maximum Gasteiger partial charge on any atom is 0.0179 e. The van der Waals surface area contributed by atoms with Crippen LogP contribution in [0.3, 0.4) is 0 Å². The van der Waals surface area contributed by atoms with Gasteiger partial charge in [0.15, 0.2) is 0 Å². The lowest BCUT2D eigenvalue weighted by atomic mass is 9.89. The molecule has 1 atom stereocenters. The van der Waals surface area contributed by atoms with Crippen LogP contribution in [0.2, 0.25) is 0 Å². The van der Waals surface area contributed by atoms with Crippen molar-refractivity contribution in [3.8, 4) is 0 Å². The van der Waals surface area contributed by atoms with Crippen molar-refractivity contribution in [2.45, 2.75) is 64.2 Å². The fourth-order valence-corrected chi connectivity index (χ4v) is 3.37. The van der Waals surface area contributed by atoms with Crippen LogP contribution >= 0.6 is 11.8 Å².